The molecular weight excluding hydrogens is 512 g/mol. The molecular formula is C20H16O13S2. The zero-order valence-corrected chi connectivity index (χ0v) is 18.8. The summed E-state index contributed by atoms with van der Waals surface area (Å²) in [6.07, 6.45) is 0. The summed E-state index contributed by atoms with van der Waals surface area (Å²) >= 11 is 0. The fraction of sp³-hybridized carbons (Fsp3) is 0.0500. The first kappa shape index (κ1) is 25.9. The van der Waals surface area contributed by atoms with Gasteiger partial charge in [-0.3, -0.25) is 18.2 Å². The predicted molar refractivity (Wildman–Crippen MR) is 116 cm³/mol. The first-order valence-corrected chi connectivity index (χ1v) is 12.0. The highest BCUT2D eigenvalue weighted by Crippen LogP contribution is 2.56. The number of aromatic hydroxyl groups is 2. The Bertz CT molecular complexity index is 1410. The van der Waals surface area contributed by atoms with Crippen molar-refractivity contribution in [3.8, 4) is 23.0 Å². The van der Waals surface area contributed by atoms with Crippen LogP contribution >= 0.6 is 0 Å². The summed E-state index contributed by atoms with van der Waals surface area (Å²) in [5, 5.41) is 19.7. The van der Waals surface area contributed by atoms with Gasteiger partial charge in [-0.25, -0.2) is 4.79 Å². The summed E-state index contributed by atoms with van der Waals surface area (Å²) in [4.78, 5) is 12.5. The van der Waals surface area contributed by atoms with Crippen LogP contribution < -0.4 is 4.74 Å². The Kier molecular flexibility index (Phi) is 6.76. The largest absolute Gasteiger partial charge is 0.508 e. The zero-order chi connectivity index (χ0) is 26.2. The Morgan fingerprint density at radius 2 is 1.09 bits per heavy atom. The van der Waals surface area contributed by atoms with Crippen LogP contribution in [0.15, 0.2) is 60.7 Å². The second-order valence-electron chi connectivity index (χ2n) is 6.97. The molecule has 6 N–H and O–H groups in total. The maximum absolute atomic E-state index is 12.5. The van der Waals surface area contributed by atoms with Crippen LogP contribution in [-0.4, -0.2) is 51.2 Å². The summed E-state index contributed by atoms with van der Waals surface area (Å²) in [6, 6.07) is 16.6. The SMILES string of the molecule is O=C1OC2(c3ccc(O)cc3Oc3cc(O)ccc32)c2ccccc21.O=S(=O)(O)O.O=S(=O)(O)O. The number of phenolic OH excluding ortho intramolecular Hbond substituents is 2. The van der Waals surface area contributed by atoms with E-state index in [-0.39, 0.29) is 11.5 Å². The average molecular weight is 528 g/mol. The molecule has 3 aromatic carbocycles. The molecule has 0 fully saturated rings. The second-order valence-corrected chi connectivity index (χ2v) is 8.77. The number of hydrogen-bond acceptors (Lipinski definition) is 9. The van der Waals surface area contributed by atoms with Crippen molar-refractivity contribution in [3.05, 3.63) is 82.9 Å². The number of carbonyl (C=O) groups excluding carboxylic acids is 1. The Labute approximate surface area is 198 Å². The molecule has 0 atom stereocenters. The lowest BCUT2D eigenvalue weighted by Crippen LogP contribution is -2.32. The minimum Gasteiger partial charge on any atom is -0.508 e. The number of benzene rings is 3. The van der Waals surface area contributed by atoms with Crippen molar-refractivity contribution in [1.29, 1.82) is 0 Å². The minimum atomic E-state index is -4.67. The topological polar surface area (TPSA) is 225 Å². The third-order valence-corrected chi connectivity index (χ3v) is 4.68. The molecule has 0 saturated heterocycles. The van der Waals surface area contributed by atoms with Gasteiger partial charge in [0.15, 0.2) is 5.60 Å². The fourth-order valence-corrected chi connectivity index (χ4v) is 3.65. The minimum absolute atomic E-state index is 0.0371. The molecule has 0 bridgehead atoms. The standard InChI is InChI=1S/C20H12O5.2H2O4S/c21-11-5-7-15-17(9-11)24-18-10-12(22)6-8-16(18)20(15)14-4-2-1-3-13(14)19(23)25-20;2*1-5(2,3)4/h1-10,21-22H;2*(H2,1,2,3,4). The molecule has 13 nitrogen and oxygen atoms in total. The van der Waals surface area contributed by atoms with Gasteiger partial charge in [0, 0.05) is 28.8 Å². The van der Waals surface area contributed by atoms with Gasteiger partial charge in [0.25, 0.3) is 0 Å². The van der Waals surface area contributed by atoms with E-state index in [1.165, 1.54) is 24.3 Å². The van der Waals surface area contributed by atoms with Crippen LogP contribution in [-0.2, 0) is 31.1 Å². The molecule has 1 spiro atoms. The summed E-state index contributed by atoms with van der Waals surface area (Å²) in [5.74, 6) is 0.408. The van der Waals surface area contributed by atoms with Crippen molar-refractivity contribution in [2.45, 2.75) is 5.60 Å². The molecule has 5 rings (SSSR count). The second kappa shape index (κ2) is 9.14. The monoisotopic (exact) mass is 528 g/mol. The van der Waals surface area contributed by atoms with Crippen molar-refractivity contribution in [1.82, 2.24) is 0 Å². The molecule has 186 valence electrons. The van der Waals surface area contributed by atoms with Crippen molar-refractivity contribution in [2.24, 2.45) is 0 Å². The lowest BCUT2D eigenvalue weighted by molar-refractivity contribution is 0.0224. The summed E-state index contributed by atoms with van der Waals surface area (Å²) < 4.78 is 74.9. The van der Waals surface area contributed by atoms with Crippen LogP contribution in [0.3, 0.4) is 0 Å². The normalized spacial score (nSPS) is 14.6. The van der Waals surface area contributed by atoms with Gasteiger partial charge in [0.1, 0.15) is 23.0 Å². The molecule has 0 saturated carbocycles. The molecule has 15 heteroatoms. The molecule has 0 unspecified atom stereocenters. The van der Waals surface area contributed by atoms with Crippen LogP contribution in [0.25, 0.3) is 0 Å². The zero-order valence-electron chi connectivity index (χ0n) is 17.1. The number of rotatable bonds is 0. The lowest BCUT2D eigenvalue weighted by atomic mass is 9.77. The Balaban J connectivity index is 0.000000293. The van der Waals surface area contributed by atoms with Crippen LogP contribution in [0.5, 0.6) is 23.0 Å². The van der Waals surface area contributed by atoms with Crippen LogP contribution in [0.4, 0.5) is 0 Å². The van der Waals surface area contributed by atoms with Crippen LogP contribution in [0.2, 0.25) is 0 Å². The van der Waals surface area contributed by atoms with E-state index in [1.54, 1.807) is 24.3 Å². The van der Waals surface area contributed by atoms with Gasteiger partial charge in [-0.05, 0) is 30.3 Å². The first-order valence-electron chi connectivity index (χ1n) is 9.17. The Morgan fingerprint density at radius 1 is 0.657 bits per heavy atom. The van der Waals surface area contributed by atoms with Gasteiger partial charge >= 0.3 is 26.8 Å². The highest BCUT2D eigenvalue weighted by molar-refractivity contribution is 7.80. The van der Waals surface area contributed by atoms with Gasteiger partial charge in [0.05, 0.1) is 5.56 Å². The third-order valence-electron chi connectivity index (χ3n) is 4.68. The Hall–Kier alpha value is -3.73. The first-order chi connectivity index (χ1) is 16.1. The molecule has 2 aliphatic heterocycles. The molecule has 3 aromatic rings. The van der Waals surface area contributed by atoms with E-state index in [2.05, 4.69) is 0 Å². The van der Waals surface area contributed by atoms with Crippen molar-refractivity contribution in [3.63, 3.8) is 0 Å². The molecule has 0 radical (unpaired) electrons. The number of fused-ring (bicyclic) bond motifs is 6. The van der Waals surface area contributed by atoms with Crippen LogP contribution in [0, 0.1) is 0 Å². The number of phenols is 2. The number of hydrogen-bond donors (Lipinski definition) is 6. The highest BCUT2D eigenvalue weighted by Gasteiger charge is 2.53. The molecule has 0 aliphatic carbocycles. The molecule has 0 aromatic heterocycles. The van der Waals surface area contributed by atoms with E-state index >= 15 is 0 Å². The van der Waals surface area contributed by atoms with E-state index in [4.69, 9.17) is 44.5 Å². The number of ether oxygens (including phenoxy) is 2. The lowest BCUT2D eigenvalue weighted by Gasteiger charge is -2.36. The van der Waals surface area contributed by atoms with Gasteiger partial charge in [-0.15, -0.1) is 0 Å². The quantitative estimate of drug-likeness (QED) is 0.182. The van der Waals surface area contributed by atoms with E-state index in [1.807, 2.05) is 12.1 Å². The summed E-state index contributed by atoms with van der Waals surface area (Å²) in [7, 11) is -9.33. The van der Waals surface area contributed by atoms with Crippen molar-refractivity contribution >= 4 is 26.8 Å². The number of carbonyl (C=O) groups is 1. The van der Waals surface area contributed by atoms with Crippen molar-refractivity contribution < 1.29 is 59.5 Å². The van der Waals surface area contributed by atoms with E-state index in [9.17, 15) is 15.0 Å². The molecule has 35 heavy (non-hydrogen) atoms. The maximum Gasteiger partial charge on any atom is 0.394 e. The summed E-state index contributed by atoms with van der Waals surface area (Å²) in [5.41, 5.74) is 1.28. The van der Waals surface area contributed by atoms with E-state index in [0.717, 1.165) is 0 Å². The molecule has 0 amide bonds. The maximum atomic E-state index is 12.5. The predicted octanol–water partition coefficient (Wildman–Crippen LogP) is 2.36. The van der Waals surface area contributed by atoms with Gasteiger partial charge in [-0.2, -0.15) is 16.8 Å². The number of esters is 1. The third kappa shape index (κ3) is 5.86. The van der Waals surface area contributed by atoms with Gasteiger partial charge in [0.2, 0.25) is 0 Å². The van der Waals surface area contributed by atoms with Gasteiger partial charge in [-0.1, -0.05) is 18.2 Å². The highest BCUT2D eigenvalue weighted by atomic mass is 32.3. The van der Waals surface area contributed by atoms with E-state index in [0.29, 0.717) is 33.8 Å². The van der Waals surface area contributed by atoms with Gasteiger partial charge < -0.3 is 19.7 Å². The van der Waals surface area contributed by atoms with E-state index < -0.39 is 32.4 Å². The molecule has 2 aliphatic rings. The smallest absolute Gasteiger partial charge is 0.394 e. The Morgan fingerprint density at radius 3 is 1.54 bits per heavy atom. The fourth-order valence-electron chi connectivity index (χ4n) is 3.65. The van der Waals surface area contributed by atoms with Crippen molar-refractivity contribution in [2.75, 3.05) is 0 Å². The van der Waals surface area contributed by atoms with Crippen LogP contribution in [0.1, 0.15) is 27.0 Å². The summed E-state index contributed by atoms with van der Waals surface area (Å²) in [6.45, 7) is 0. The average Bonchev–Trinajstić information content (AvgIpc) is 2.99. The molecule has 2 heterocycles.